The number of Topliss-reactive ketones (excluding diaryl/α,β-unsaturated/α-hetero) is 2. The quantitative estimate of drug-likeness (QED) is 0.742. The smallest absolute Gasteiger partial charge is 0.158 e. The van der Waals surface area contributed by atoms with Gasteiger partial charge in [-0.15, -0.1) is 0 Å². The number of allylic oxidation sites excluding steroid dienone is 1. The summed E-state index contributed by atoms with van der Waals surface area (Å²) in [5, 5.41) is 14.6. The standard InChI is InChI=1S/C25H29NO4/c1-15-6-8-18(9-7-15)23-22(16(2)27)21(14-25(4,29)24(23)17(3)28)26-19-10-12-20(30-5)13-11-19/h6-13,23-24,26,29H,14H2,1-5H3/t23-,24+,25-/m0/s1. The monoisotopic (exact) mass is 407 g/mol. The number of methoxy groups -OCH3 is 1. The van der Waals surface area contributed by atoms with Gasteiger partial charge in [0.15, 0.2) is 5.78 Å². The molecule has 0 heterocycles. The van der Waals surface area contributed by atoms with Crippen LogP contribution >= 0.6 is 0 Å². The molecule has 2 aromatic rings. The van der Waals surface area contributed by atoms with Crippen molar-refractivity contribution >= 4 is 17.3 Å². The van der Waals surface area contributed by atoms with Crippen LogP contribution in [0, 0.1) is 12.8 Å². The lowest BCUT2D eigenvalue weighted by Gasteiger charge is -2.43. The zero-order valence-corrected chi connectivity index (χ0v) is 18.2. The van der Waals surface area contributed by atoms with Crippen LogP contribution in [0.5, 0.6) is 5.75 Å². The normalized spacial score (nSPS) is 23.8. The SMILES string of the molecule is COc1ccc(NC2=C(C(C)=O)[C@H](c3ccc(C)cc3)[C@@H](C(C)=O)[C@@](C)(O)C2)cc1. The Morgan fingerprint density at radius 1 is 1.07 bits per heavy atom. The largest absolute Gasteiger partial charge is 0.497 e. The molecule has 2 N–H and O–H groups in total. The summed E-state index contributed by atoms with van der Waals surface area (Å²) in [6.45, 7) is 6.66. The van der Waals surface area contributed by atoms with Crippen LogP contribution in [-0.2, 0) is 9.59 Å². The Hall–Kier alpha value is -2.92. The van der Waals surface area contributed by atoms with Crippen LogP contribution < -0.4 is 10.1 Å². The number of rotatable bonds is 6. The van der Waals surface area contributed by atoms with Gasteiger partial charge in [0.25, 0.3) is 0 Å². The molecule has 0 saturated carbocycles. The topological polar surface area (TPSA) is 75.6 Å². The molecular weight excluding hydrogens is 378 g/mol. The summed E-state index contributed by atoms with van der Waals surface area (Å²) in [6.07, 6.45) is 0.181. The van der Waals surface area contributed by atoms with E-state index in [1.54, 1.807) is 14.0 Å². The first-order chi connectivity index (χ1) is 14.1. The molecular formula is C25H29NO4. The second kappa shape index (κ2) is 8.44. The van der Waals surface area contributed by atoms with Crippen molar-refractivity contribution < 1.29 is 19.4 Å². The highest BCUT2D eigenvalue weighted by molar-refractivity contribution is 5.98. The summed E-state index contributed by atoms with van der Waals surface area (Å²) < 4.78 is 5.21. The van der Waals surface area contributed by atoms with Gasteiger partial charge in [0.2, 0.25) is 0 Å². The first-order valence-electron chi connectivity index (χ1n) is 10.1. The number of hydrogen-bond donors (Lipinski definition) is 2. The zero-order valence-electron chi connectivity index (χ0n) is 18.2. The van der Waals surface area contributed by atoms with Crippen LogP contribution in [0.1, 0.15) is 44.2 Å². The minimum atomic E-state index is -1.30. The molecule has 5 heteroatoms. The van der Waals surface area contributed by atoms with E-state index in [2.05, 4.69) is 5.32 Å². The van der Waals surface area contributed by atoms with Gasteiger partial charge in [-0.05, 0) is 57.5 Å². The molecule has 158 valence electrons. The number of aryl methyl sites for hydroxylation is 1. The fourth-order valence-electron chi connectivity index (χ4n) is 4.47. The molecule has 0 saturated heterocycles. The van der Waals surface area contributed by atoms with E-state index in [-0.39, 0.29) is 18.0 Å². The molecule has 0 spiro atoms. The third-order valence-corrected chi connectivity index (χ3v) is 5.81. The molecule has 2 aromatic carbocycles. The Morgan fingerprint density at radius 3 is 2.17 bits per heavy atom. The number of benzene rings is 2. The van der Waals surface area contributed by atoms with Crippen LogP contribution in [0.3, 0.4) is 0 Å². The average molecular weight is 408 g/mol. The highest BCUT2D eigenvalue weighted by Gasteiger charge is 2.49. The molecule has 5 nitrogen and oxygen atoms in total. The number of ether oxygens (including phenoxy) is 1. The van der Waals surface area contributed by atoms with Crippen molar-refractivity contribution in [3.8, 4) is 5.75 Å². The minimum absolute atomic E-state index is 0.113. The maximum Gasteiger partial charge on any atom is 0.158 e. The molecule has 0 radical (unpaired) electrons. The maximum absolute atomic E-state index is 12.8. The molecule has 3 rings (SSSR count). The van der Waals surface area contributed by atoms with Crippen LogP contribution in [0.15, 0.2) is 59.8 Å². The molecule has 1 aliphatic carbocycles. The lowest BCUT2D eigenvalue weighted by Crippen LogP contribution is -2.48. The van der Waals surface area contributed by atoms with Crippen molar-refractivity contribution in [3.05, 3.63) is 70.9 Å². The van der Waals surface area contributed by atoms with E-state index >= 15 is 0 Å². The number of nitrogens with one attached hydrogen (secondary N) is 1. The van der Waals surface area contributed by atoms with Crippen LogP contribution in [0.4, 0.5) is 5.69 Å². The fraction of sp³-hybridized carbons (Fsp3) is 0.360. The lowest BCUT2D eigenvalue weighted by atomic mass is 9.64. The summed E-state index contributed by atoms with van der Waals surface area (Å²) in [4.78, 5) is 25.5. The molecule has 30 heavy (non-hydrogen) atoms. The van der Waals surface area contributed by atoms with Gasteiger partial charge in [-0.1, -0.05) is 29.8 Å². The summed E-state index contributed by atoms with van der Waals surface area (Å²) in [6, 6.07) is 15.2. The Morgan fingerprint density at radius 2 is 1.67 bits per heavy atom. The van der Waals surface area contributed by atoms with E-state index in [4.69, 9.17) is 4.74 Å². The summed E-state index contributed by atoms with van der Waals surface area (Å²) >= 11 is 0. The second-order valence-electron chi connectivity index (χ2n) is 8.31. The zero-order chi connectivity index (χ0) is 22.1. The van der Waals surface area contributed by atoms with E-state index < -0.39 is 17.4 Å². The van der Waals surface area contributed by atoms with E-state index in [9.17, 15) is 14.7 Å². The van der Waals surface area contributed by atoms with Crippen LogP contribution in [-0.4, -0.2) is 29.4 Å². The molecule has 3 atom stereocenters. The third-order valence-electron chi connectivity index (χ3n) is 5.81. The van der Waals surface area contributed by atoms with E-state index in [1.165, 1.54) is 13.8 Å². The van der Waals surface area contributed by atoms with E-state index in [0.717, 1.165) is 22.6 Å². The van der Waals surface area contributed by atoms with Crippen molar-refractivity contribution in [2.24, 2.45) is 5.92 Å². The van der Waals surface area contributed by atoms with E-state index in [1.807, 2.05) is 55.5 Å². The van der Waals surface area contributed by atoms with Gasteiger partial charge in [-0.3, -0.25) is 9.59 Å². The van der Waals surface area contributed by atoms with Gasteiger partial charge in [-0.25, -0.2) is 0 Å². The Balaban J connectivity index is 2.16. The molecule has 0 aliphatic heterocycles. The van der Waals surface area contributed by atoms with Crippen LogP contribution in [0.2, 0.25) is 0 Å². The van der Waals surface area contributed by atoms with Crippen molar-refractivity contribution in [1.29, 1.82) is 0 Å². The Kier molecular flexibility index (Phi) is 6.13. The number of hydrogen-bond acceptors (Lipinski definition) is 5. The predicted octanol–water partition coefficient (Wildman–Crippen LogP) is 4.40. The van der Waals surface area contributed by atoms with Gasteiger partial charge in [0.1, 0.15) is 11.5 Å². The van der Waals surface area contributed by atoms with Crippen LogP contribution in [0.25, 0.3) is 0 Å². The van der Waals surface area contributed by atoms with E-state index in [0.29, 0.717) is 11.3 Å². The first kappa shape index (κ1) is 21.8. The number of anilines is 1. The molecule has 0 fully saturated rings. The minimum Gasteiger partial charge on any atom is -0.497 e. The average Bonchev–Trinajstić information content (AvgIpc) is 2.67. The summed E-state index contributed by atoms with van der Waals surface area (Å²) in [7, 11) is 1.60. The molecule has 0 amide bonds. The highest BCUT2D eigenvalue weighted by atomic mass is 16.5. The molecule has 0 aromatic heterocycles. The van der Waals surface area contributed by atoms with Crippen molar-refractivity contribution in [2.45, 2.75) is 45.6 Å². The number of carbonyl (C=O) groups excluding carboxylic acids is 2. The van der Waals surface area contributed by atoms with Gasteiger partial charge >= 0.3 is 0 Å². The number of ketones is 2. The fourth-order valence-corrected chi connectivity index (χ4v) is 4.47. The Labute approximate surface area is 177 Å². The van der Waals surface area contributed by atoms with Crippen molar-refractivity contribution in [2.75, 3.05) is 12.4 Å². The van der Waals surface area contributed by atoms with Crippen molar-refractivity contribution in [3.63, 3.8) is 0 Å². The summed E-state index contributed by atoms with van der Waals surface area (Å²) in [5.74, 6) is -0.747. The highest BCUT2D eigenvalue weighted by Crippen LogP contribution is 2.47. The molecule has 1 aliphatic rings. The third kappa shape index (κ3) is 4.31. The lowest BCUT2D eigenvalue weighted by molar-refractivity contribution is -0.131. The number of aliphatic hydroxyl groups is 1. The van der Waals surface area contributed by atoms with Gasteiger partial charge in [0.05, 0.1) is 18.6 Å². The molecule has 0 bridgehead atoms. The van der Waals surface area contributed by atoms with Gasteiger partial charge < -0.3 is 15.2 Å². The number of carbonyl (C=O) groups is 2. The van der Waals surface area contributed by atoms with Gasteiger partial charge in [-0.2, -0.15) is 0 Å². The Bertz CT molecular complexity index is 971. The predicted molar refractivity (Wildman–Crippen MR) is 118 cm³/mol. The van der Waals surface area contributed by atoms with Crippen molar-refractivity contribution in [1.82, 2.24) is 0 Å². The first-order valence-corrected chi connectivity index (χ1v) is 10.1. The molecule has 0 unspecified atom stereocenters. The second-order valence-corrected chi connectivity index (χ2v) is 8.31. The summed E-state index contributed by atoms with van der Waals surface area (Å²) in [5.41, 5.74) is 2.60. The van der Waals surface area contributed by atoms with Gasteiger partial charge in [0, 0.05) is 29.3 Å². The maximum atomic E-state index is 12.8.